The van der Waals surface area contributed by atoms with Gasteiger partial charge in [-0.25, -0.2) is 9.79 Å². The van der Waals surface area contributed by atoms with Gasteiger partial charge in [-0.2, -0.15) is 0 Å². The molecule has 0 spiro atoms. The number of thiazole rings is 1. The zero-order valence-corrected chi connectivity index (χ0v) is 28.7. The molecule has 0 saturated heterocycles. The summed E-state index contributed by atoms with van der Waals surface area (Å²) in [7, 11) is 1.58. The van der Waals surface area contributed by atoms with Gasteiger partial charge in [0.25, 0.3) is 5.56 Å². The van der Waals surface area contributed by atoms with Gasteiger partial charge in [-0.05, 0) is 65.4 Å². The van der Waals surface area contributed by atoms with Gasteiger partial charge in [0.1, 0.15) is 6.61 Å². The zero-order valence-electron chi connectivity index (χ0n) is 27.1. The van der Waals surface area contributed by atoms with E-state index in [4.69, 9.17) is 30.8 Å². The van der Waals surface area contributed by atoms with Crippen LogP contribution < -0.4 is 24.4 Å². The Morgan fingerprint density at radius 2 is 1.71 bits per heavy atom. The fourth-order valence-corrected chi connectivity index (χ4v) is 6.73. The SMILES string of the molecule is CCOC(=O)C1=C(c2ccccc2)N=c2s/c(=C\c3ccc(OCc4ccc(Cl)cc4)c(OC)c3)c(=O)n2[C@H]1c1ccc(C(C)C)cc1. The predicted molar refractivity (Wildman–Crippen MR) is 190 cm³/mol. The number of rotatable bonds is 10. The van der Waals surface area contributed by atoms with Gasteiger partial charge in [0.05, 0.1) is 35.6 Å². The fourth-order valence-electron chi connectivity index (χ4n) is 5.61. The van der Waals surface area contributed by atoms with Crippen molar-refractivity contribution in [1.29, 1.82) is 0 Å². The quantitative estimate of drug-likeness (QED) is 0.145. The van der Waals surface area contributed by atoms with Crippen molar-refractivity contribution >= 4 is 40.7 Å². The Morgan fingerprint density at radius 3 is 2.38 bits per heavy atom. The van der Waals surface area contributed by atoms with Gasteiger partial charge in [-0.1, -0.05) is 110 Å². The third-order valence-electron chi connectivity index (χ3n) is 8.09. The number of carbonyl (C=O) groups excluding carboxylic acids is 1. The molecule has 6 rings (SSSR count). The molecule has 0 radical (unpaired) electrons. The van der Waals surface area contributed by atoms with E-state index in [0.717, 1.165) is 27.8 Å². The van der Waals surface area contributed by atoms with Crippen LogP contribution >= 0.6 is 22.9 Å². The van der Waals surface area contributed by atoms with Gasteiger partial charge in [-0.15, -0.1) is 0 Å². The van der Waals surface area contributed by atoms with Crippen molar-refractivity contribution in [3.63, 3.8) is 0 Å². The van der Waals surface area contributed by atoms with Crippen molar-refractivity contribution in [2.75, 3.05) is 13.7 Å². The number of hydrogen-bond acceptors (Lipinski definition) is 7. The van der Waals surface area contributed by atoms with E-state index in [1.807, 2.05) is 103 Å². The van der Waals surface area contributed by atoms with Crippen LogP contribution in [-0.4, -0.2) is 24.3 Å². The van der Waals surface area contributed by atoms with Crippen molar-refractivity contribution in [2.45, 2.75) is 39.3 Å². The molecule has 4 aromatic carbocycles. The number of carbonyl (C=O) groups is 1. The summed E-state index contributed by atoms with van der Waals surface area (Å²) < 4.78 is 19.3. The zero-order chi connectivity index (χ0) is 33.8. The number of aromatic nitrogens is 1. The summed E-state index contributed by atoms with van der Waals surface area (Å²) >= 11 is 7.29. The molecule has 7 nitrogen and oxygen atoms in total. The summed E-state index contributed by atoms with van der Waals surface area (Å²) in [6, 6.07) is 29.8. The molecule has 5 aromatic rings. The average Bonchev–Trinajstić information content (AvgIpc) is 3.41. The molecule has 0 bridgehead atoms. The van der Waals surface area contributed by atoms with Gasteiger partial charge in [-0.3, -0.25) is 9.36 Å². The molecule has 1 aliphatic rings. The number of benzene rings is 4. The van der Waals surface area contributed by atoms with Crippen LogP contribution in [0.3, 0.4) is 0 Å². The van der Waals surface area contributed by atoms with Gasteiger partial charge >= 0.3 is 5.97 Å². The second-order valence-corrected chi connectivity index (χ2v) is 13.0. The lowest BCUT2D eigenvalue weighted by Crippen LogP contribution is -2.40. The van der Waals surface area contributed by atoms with E-state index in [1.54, 1.807) is 18.6 Å². The van der Waals surface area contributed by atoms with Crippen molar-refractivity contribution in [3.8, 4) is 11.5 Å². The van der Waals surface area contributed by atoms with E-state index in [-0.39, 0.29) is 12.2 Å². The number of fused-ring (bicyclic) bond motifs is 1. The fraction of sp³-hybridized carbons (Fsp3) is 0.205. The largest absolute Gasteiger partial charge is 0.493 e. The summed E-state index contributed by atoms with van der Waals surface area (Å²) in [6.07, 6.45) is 1.81. The third kappa shape index (κ3) is 6.86. The molecular formula is C39H35ClN2O5S. The highest BCUT2D eigenvalue weighted by atomic mass is 35.5. The molecule has 0 fully saturated rings. The van der Waals surface area contributed by atoms with Crippen LogP contribution in [0.15, 0.2) is 112 Å². The minimum Gasteiger partial charge on any atom is -0.493 e. The Hall–Kier alpha value is -4.92. The summed E-state index contributed by atoms with van der Waals surface area (Å²) in [5, 5.41) is 0.662. The first-order valence-corrected chi connectivity index (χ1v) is 16.9. The summed E-state index contributed by atoms with van der Waals surface area (Å²) in [5.41, 5.74) is 4.99. The molecule has 1 aromatic heterocycles. The van der Waals surface area contributed by atoms with Crippen molar-refractivity contribution in [1.82, 2.24) is 4.57 Å². The lowest BCUT2D eigenvalue weighted by Gasteiger charge is -2.26. The first-order valence-electron chi connectivity index (χ1n) is 15.7. The maximum Gasteiger partial charge on any atom is 0.338 e. The number of halogens is 1. The van der Waals surface area contributed by atoms with Crippen LogP contribution in [0.2, 0.25) is 5.02 Å². The highest BCUT2D eigenvalue weighted by molar-refractivity contribution is 7.07. The van der Waals surface area contributed by atoms with E-state index < -0.39 is 12.0 Å². The standard InChI is InChI=1S/C39H35ClN2O5S/c1-5-46-38(44)34-35(28-9-7-6-8-10-28)41-39-42(36(34)29-16-14-27(15-17-29)24(2)3)37(43)33(48-39)22-26-13-20-31(32(21-26)45-4)47-23-25-11-18-30(40)19-12-25/h6-22,24,36H,5,23H2,1-4H3/b33-22-/t36-/m0/s1. The molecule has 0 aliphatic carbocycles. The Bertz CT molecular complexity index is 2150. The normalized spacial score (nSPS) is 14.5. The topological polar surface area (TPSA) is 79.1 Å². The third-order valence-corrected chi connectivity index (χ3v) is 9.32. The maximum absolute atomic E-state index is 14.3. The highest BCUT2D eigenvalue weighted by Crippen LogP contribution is 2.36. The van der Waals surface area contributed by atoms with Crippen LogP contribution in [0.5, 0.6) is 11.5 Å². The lowest BCUT2D eigenvalue weighted by atomic mass is 9.91. The van der Waals surface area contributed by atoms with Crippen LogP contribution in [0.25, 0.3) is 11.8 Å². The van der Waals surface area contributed by atoms with Gasteiger partial charge in [0, 0.05) is 10.6 Å². The van der Waals surface area contributed by atoms with E-state index in [0.29, 0.717) is 49.7 Å². The van der Waals surface area contributed by atoms with E-state index in [1.165, 1.54) is 11.3 Å². The number of nitrogens with zero attached hydrogens (tertiary/aromatic N) is 2. The monoisotopic (exact) mass is 678 g/mol. The Balaban J connectivity index is 1.47. The Kier molecular flexibility index (Phi) is 9.94. The van der Waals surface area contributed by atoms with Crippen LogP contribution in [0.4, 0.5) is 0 Å². The summed E-state index contributed by atoms with van der Waals surface area (Å²) in [6.45, 7) is 6.56. The molecule has 0 N–H and O–H groups in total. The van der Waals surface area contributed by atoms with Crippen molar-refractivity contribution in [3.05, 3.63) is 155 Å². The molecule has 9 heteroatoms. The first kappa shape index (κ1) is 33.0. The minimum absolute atomic E-state index is 0.190. The smallest absolute Gasteiger partial charge is 0.338 e. The second-order valence-electron chi connectivity index (χ2n) is 11.6. The minimum atomic E-state index is -0.739. The number of esters is 1. The van der Waals surface area contributed by atoms with Gasteiger partial charge < -0.3 is 14.2 Å². The molecule has 0 amide bonds. The van der Waals surface area contributed by atoms with Gasteiger partial charge in [0.2, 0.25) is 0 Å². The highest BCUT2D eigenvalue weighted by Gasteiger charge is 2.35. The van der Waals surface area contributed by atoms with E-state index in [2.05, 4.69) is 13.8 Å². The second kappa shape index (κ2) is 14.5. The van der Waals surface area contributed by atoms with Crippen molar-refractivity contribution < 1.29 is 19.0 Å². The molecule has 2 heterocycles. The van der Waals surface area contributed by atoms with Gasteiger partial charge in [0.15, 0.2) is 16.3 Å². The van der Waals surface area contributed by atoms with Crippen LogP contribution in [0, 0.1) is 0 Å². The first-order chi connectivity index (χ1) is 23.3. The van der Waals surface area contributed by atoms with Crippen LogP contribution in [0.1, 0.15) is 60.5 Å². The number of methoxy groups -OCH3 is 1. The Labute approximate surface area is 288 Å². The molecule has 1 aliphatic heterocycles. The maximum atomic E-state index is 14.3. The number of ether oxygens (including phenoxy) is 3. The van der Waals surface area contributed by atoms with E-state index >= 15 is 0 Å². The summed E-state index contributed by atoms with van der Waals surface area (Å²) in [5.74, 6) is 0.922. The molecule has 0 unspecified atom stereocenters. The van der Waals surface area contributed by atoms with Crippen molar-refractivity contribution in [2.24, 2.45) is 4.99 Å². The van der Waals surface area contributed by atoms with Crippen LogP contribution in [-0.2, 0) is 16.1 Å². The number of hydrogen-bond donors (Lipinski definition) is 0. The molecule has 244 valence electrons. The molecular weight excluding hydrogens is 644 g/mol. The Morgan fingerprint density at radius 1 is 0.979 bits per heavy atom. The summed E-state index contributed by atoms with van der Waals surface area (Å²) in [4.78, 5) is 33.5. The molecule has 1 atom stereocenters. The molecule has 48 heavy (non-hydrogen) atoms. The molecule has 0 saturated carbocycles. The van der Waals surface area contributed by atoms with E-state index in [9.17, 15) is 9.59 Å². The average molecular weight is 679 g/mol. The predicted octanol–water partition coefficient (Wildman–Crippen LogP) is 7.30. The lowest BCUT2D eigenvalue weighted by molar-refractivity contribution is -0.138.